The van der Waals surface area contributed by atoms with E-state index in [1.165, 1.54) is 19.1 Å². The summed E-state index contributed by atoms with van der Waals surface area (Å²) in [7, 11) is 0. The predicted molar refractivity (Wildman–Crippen MR) is 70.6 cm³/mol. The Morgan fingerprint density at radius 1 is 1.33 bits per heavy atom. The summed E-state index contributed by atoms with van der Waals surface area (Å²) in [6, 6.07) is 6.58. The molecule has 1 aromatic carbocycles. The topological polar surface area (TPSA) is 109 Å². The van der Waals surface area contributed by atoms with Gasteiger partial charge in [-0.25, -0.2) is 4.79 Å². The van der Waals surface area contributed by atoms with Crippen LogP contribution in [0.4, 0.5) is 0 Å². The number of benzene rings is 1. The molecule has 0 radical (unpaired) electrons. The van der Waals surface area contributed by atoms with Crippen molar-refractivity contribution < 1.29 is 23.8 Å². The van der Waals surface area contributed by atoms with Gasteiger partial charge in [-0.15, -0.1) is 0 Å². The van der Waals surface area contributed by atoms with Crippen molar-refractivity contribution in [2.45, 2.75) is 13.0 Å². The summed E-state index contributed by atoms with van der Waals surface area (Å²) in [5, 5.41) is 13.4. The molecular formula is C14H12NO6-. The highest BCUT2D eigenvalue weighted by Gasteiger charge is 2.09. The smallest absolute Gasteiger partial charge is 0.336 e. The number of ether oxygens (including phenoxy) is 1. The molecule has 2 rings (SSSR count). The van der Waals surface area contributed by atoms with Gasteiger partial charge in [-0.1, -0.05) is 0 Å². The van der Waals surface area contributed by atoms with E-state index in [1.807, 2.05) is 0 Å². The molecule has 0 fully saturated rings. The van der Waals surface area contributed by atoms with E-state index in [-0.39, 0.29) is 6.61 Å². The van der Waals surface area contributed by atoms with Crippen molar-refractivity contribution in [1.29, 1.82) is 0 Å². The molecule has 1 atom stereocenters. The lowest BCUT2D eigenvalue weighted by Gasteiger charge is -2.14. The average molecular weight is 290 g/mol. The fourth-order valence-corrected chi connectivity index (χ4v) is 1.62. The third-order valence-corrected chi connectivity index (χ3v) is 2.70. The first-order valence-corrected chi connectivity index (χ1v) is 6.12. The Morgan fingerprint density at radius 2 is 2.05 bits per heavy atom. The number of carboxylic acids is 1. The van der Waals surface area contributed by atoms with Gasteiger partial charge in [0.05, 0.1) is 12.0 Å². The van der Waals surface area contributed by atoms with Crippen LogP contribution in [0.1, 0.15) is 6.92 Å². The van der Waals surface area contributed by atoms with E-state index < -0.39 is 23.5 Å². The van der Waals surface area contributed by atoms with Gasteiger partial charge < -0.3 is 24.4 Å². The van der Waals surface area contributed by atoms with Crippen LogP contribution in [0.5, 0.6) is 5.75 Å². The molecule has 0 spiro atoms. The molecule has 7 heteroatoms. The maximum Gasteiger partial charge on any atom is 0.336 e. The zero-order valence-electron chi connectivity index (χ0n) is 11.1. The number of hydrogen-bond acceptors (Lipinski definition) is 6. The number of amides is 1. The van der Waals surface area contributed by atoms with Crippen molar-refractivity contribution in [2.24, 2.45) is 0 Å². The summed E-state index contributed by atoms with van der Waals surface area (Å²) in [5.74, 6) is -1.65. The third kappa shape index (κ3) is 3.82. The van der Waals surface area contributed by atoms with Gasteiger partial charge in [0.1, 0.15) is 11.3 Å². The molecule has 0 saturated carbocycles. The predicted octanol–water partition coefficient (Wildman–Crippen LogP) is -0.574. The molecule has 0 unspecified atom stereocenters. The Morgan fingerprint density at radius 3 is 2.76 bits per heavy atom. The quantitative estimate of drug-likeness (QED) is 0.738. The number of carbonyl (C=O) groups is 2. The number of nitrogens with one attached hydrogen (secondary N) is 1. The van der Waals surface area contributed by atoms with E-state index in [0.29, 0.717) is 11.3 Å². The molecule has 0 saturated heterocycles. The van der Waals surface area contributed by atoms with Crippen LogP contribution in [0, 0.1) is 0 Å². The highest BCUT2D eigenvalue weighted by Crippen LogP contribution is 2.19. The number of carbonyl (C=O) groups excluding carboxylic acids is 2. The first-order chi connectivity index (χ1) is 9.95. The largest absolute Gasteiger partial charge is 0.548 e. The number of carboxylic acid groups (broad SMARTS) is 1. The normalized spacial score (nSPS) is 11.9. The molecule has 1 aromatic heterocycles. The van der Waals surface area contributed by atoms with Gasteiger partial charge in [0, 0.05) is 17.5 Å². The molecule has 1 amide bonds. The molecule has 2 aromatic rings. The van der Waals surface area contributed by atoms with Crippen molar-refractivity contribution in [3.8, 4) is 5.75 Å². The van der Waals surface area contributed by atoms with Gasteiger partial charge in [0.2, 0.25) is 0 Å². The van der Waals surface area contributed by atoms with Crippen LogP contribution in [-0.2, 0) is 9.59 Å². The number of fused-ring (bicyclic) bond motifs is 1. The number of aliphatic carboxylic acids is 1. The standard InChI is InChI=1S/C14H13NO6/c1-8(14(18)19)15-12(16)7-20-10-4-2-9-3-5-13(17)21-11(9)6-10/h2-6,8H,7H2,1H3,(H,15,16)(H,18,19)/p-1/t8-/m1/s1. The van der Waals surface area contributed by atoms with Crippen molar-refractivity contribution in [2.75, 3.05) is 6.61 Å². The lowest BCUT2D eigenvalue weighted by Crippen LogP contribution is -2.47. The SMILES string of the molecule is C[C@@H](NC(=O)COc1ccc2ccc(=O)oc2c1)C(=O)[O-]. The summed E-state index contributed by atoms with van der Waals surface area (Å²) in [6.07, 6.45) is 0. The average Bonchev–Trinajstić information content (AvgIpc) is 2.44. The van der Waals surface area contributed by atoms with Crippen LogP contribution in [-0.4, -0.2) is 24.5 Å². The van der Waals surface area contributed by atoms with Gasteiger partial charge in [-0.2, -0.15) is 0 Å². The van der Waals surface area contributed by atoms with Gasteiger partial charge >= 0.3 is 5.63 Å². The highest BCUT2D eigenvalue weighted by molar-refractivity contribution is 5.83. The maximum atomic E-state index is 11.4. The van der Waals surface area contributed by atoms with Gasteiger partial charge in [0.25, 0.3) is 5.91 Å². The Hall–Kier alpha value is -2.83. The molecule has 21 heavy (non-hydrogen) atoms. The van der Waals surface area contributed by atoms with Gasteiger partial charge in [-0.3, -0.25) is 4.79 Å². The van der Waals surface area contributed by atoms with Crippen LogP contribution in [0.25, 0.3) is 11.0 Å². The molecule has 0 aliphatic carbocycles. The zero-order valence-corrected chi connectivity index (χ0v) is 11.1. The Bertz CT molecular complexity index is 736. The Labute approximate surface area is 119 Å². The second kappa shape index (κ2) is 6.08. The van der Waals surface area contributed by atoms with Crippen LogP contribution in [0.2, 0.25) is 0 Å². The van der Waals surface area contributed by atoms with E-state index in [4.69, 9.17) is 9.15 Å². The fraction of sp³-hybridized carbons (Fsp3) is 0.214. The van der Waals surface area contributed by atoms with Crippen LogP contribution < -0.4 is 20.8 Å². The second-order valence-electron chi connectivity index (χ2n) is 4.35. The summed E-state index contributed by atoms with van der Waals surface area (Å²) >= 11 is 0. The summed E-state index contributed by atoms with van der Waals surface area (Å²) in [5.41, 5.74) is -0.149. The second-order valence-corrected chi connectivity index (χ2v) is 4.35. The van der Waals surface area contributed by atoms with E-state index in [1.54, 1.807) is 18.2 Å². The minimum Gasteiger partial charge on any atom is -0.548 e. The number of rotatable bonds is 5. The third-order valence-electron chi connectivity index (χ3n) is 2.70. The van der Waals surface area contributed by atoms with Crippen molar-refractivity contribution in [3.63, 3.8) is 0 Å². The minimum atomic E-state index is -1.38. The van der Waals surface area contributed by atoms with E-state index in [0.717, 1.165) is 5.39 Å². The molecular weight excluding hydrogens is 278 g/mol. The maximum absolute atomic E-state index is 11.4. The minimum absolute atomic E-state index is 0.327. The van der Waals surface area contributed by atoms with Crippen LogP contribution in [0.3, 0.4) is 0 Å². The van der Waals surface area contributed by atoms with Gasteiger partial charge in [0.15, 0.2) is 6.61 Å². The van der Waals surface area contributed by atoms with E-state index in [2.05, 4.69) is 5.32 Å². The van der Waals surface area contributed by atoms with Crippen LogP contribution >= 0.6 is 0 Å². The van der Waals surface area contributed by atoms with Crippen molar-refractivity contribution >= 4 is 22.8 Å². The van der Waals surface area contributed by atoms with Crippen LogP contribution in [0.15, 0.2) is 39.5 Å². The lowest BCUT2D eigenvalue weighted by molar-refractivity contribution is -0.307. The Balaban J connectivity index is 2.02. The van der Waals surface area contributed by atoms with E-state index >= 15 is 0 Å². The highest BCUT2D eigenvalue weighted by atomic mass is 16.5. The molecule has 1 N–H and O–H groups in total. The summed E-state index contributed by atoms with van der Waals surface area (Å²) in [4.78, 5) is 33.0. The first kappa shape index (κ1) is 14.6. The summed E-state index contributed by atoms with van der Waals surface area (Å²) < 4.78 is 10.2. The summed E-state index contributed by atoms with van der Waals surface area (Å²) in [6.45, 7) is 0.929. The molecule has 1 heterocycles. The monoisotopic (exact) mass is 290 g/mol. The van der Waals surface area contributed by atoms with E-state index in [9.17, 15) is 19.5 Å². The van der Waals surface area contributed by atoms with Crippen molar-refractivity contribution in [3.05, 3.63) is 40.8 Å². The molecule has 0 aliphatic heterocycles. The number of hydrogen-bond donors (Lipinski definition) is 1. The fourth-order valence-electron chi connectivity index (χ4n) is 1.62. The first-order valence-electron chi connectivity index (χ1n) is 6.12. The molecule has 7 nitrogen and oxygen atoms in total. The molecule has 110 valence electrons. The molecule has 0 bridgehead atoms. The lowest BCUT2D eigenvalue weighted by atomic mass is 10.2. The molecule has 0 aliphatic rings. The Kier molecular flexibility index (Phi) is 4.22. The van der Waals surface area contributed by atoms with Crippen molar-refractivity contribution in [1.82, 2.24) is 5.32 Å². The van der Waals surface area contributed by atoms with Gasteiger partial charge in [-0.05, 0) is 25.1 Å². The zero-order chi connectivity index (χ0) is 15.4.